The van der Waals surface area contributed by atoms with Crippen molar-refractivity contribution in [2.45, 2.75) is 25.8 Å². The molecule has 0 aliphatic carbocycles. The van der Waals surface area contributed by atoms with Crippen LogP contribution in [0.2, 0.25) is 0 Å². The topological polar surface area (TPSA) is 32.3 Å². The Morgan fingerprint density at radius 1 is 1.38 bits per heavy atom. The second-order valence-electron chi connectivity index (χ2n) is 3.91. The summed E-state index contributed by atoms with van der Waals surface area (Å²) in [5, 5.41) is 2.96. The number of likely N-dealkylation sites (tertiary alicyclic amines) is 1. The summed E-state index contributed by atoms with van der Waals surface area (Å²) in [5.41, 5.74) is 0. The van der Waals surface area contributed by atoms with Crippen molar-refractivity contribution < 1.29 is 4.79 Å². The summed E-state index contributed by atoms with van der Waals surface area (Å²) in [7, 11) is 0. The first-order valence-corrected chi connectivity index (χ1v) is 7.13. The fourth-order valence-electron chi connectivity index (χ4n) is 1.82. The maximum absolute atomic E-state index is 11.8. The van der Waals surface area contributed by atoms with Crippen LogP contribution < -0.4 is 5.32 Å². The number of piperidine rings is 1. The van der Waals surface area contributed by atoms with Gasteiger partial charge in [-0.05, 0) is 47.3 Å². The zero-order chi connectivity index (χ0) is 11.4. The molecule has 1 saturated heterocycles. The maximum Gasteiger partial charge on any atom is 0.317 e. The van der Waals surface area contributed by atoms with Gasteiger partial charge in [0.25, 0.3) is 0 Å². The first-order valence-electron chi connectivity index (χ1n) is 5.53. The van der Waals surface area contributed by atoms with Crippen LogP contribution in [0, 0.1) is 0 Å². The Morgan fingerprint density at radius 3 is 2.75 bits per heavy atom. The largest absolute Gasteiger partial charge is 0.333 e. The van der Waals surface area contributed by atoms with Crippen molar-refractivity contribution in [3.63, 3.8) is 0 Å². The summed E-state index contributed by atoms with van der Waals surface area (Å²) in [6, 6.07) is 4.11. The molecular formula is C11H15BrN2OS. The molecule has 1 aromatic rings. The van der Waals surface area contributed by atoms with Crippen LogP contribution in [0.25, 0.3) is 0 Å². The average molecular weight is 303 g/mol. The first kappa shape index (κ1) is 11.9. The molecule has 0 aromatic carbocycles. The number of nitrogens with one attached hydrogen (secondary N) is 1. The van der Waals surface area contributed by atoms with Crippen molar-refractivity contribution >= 4 is 33.3 Å². The van der Waals surface area contributed by atoms with E-state index in [0.717, 1.165) is 29.7 Å². The molecule has 0 atom stereocenters. The average Bonchev–Trinajstić information content (AvgIpc) is 2.73. The molecule has 1 N–H and O–H groups in total. The molecule has 1 aliphatic rings. The molecule has 0 bridgehead atoms. The number of halogens is 1. The van der Waals surface area contributed by atoms with Gasteiger partial charge in [-0.2, -0.15) is 0 Å². The van der Waals surface area contributed by atoms with Crippen LogP contribution in [-0.2, 0) is 6.54 Å². The molecule has 5 heteroatoms. The molecule has 1 aromatic heterocycles. The van der Waals surface area contributed by atoms with Gasteiger partial charge in [-0.15, -0.1) is 11.3 Å². The molecule has 0 saturated carbocycles. The number of amides is 2. The van der Waals surface area contributed by atoms with Crippen LogP contribution in [0.1, 0.15) is 24.1 Å². The van der Waals surface area contributed by atoms with Gasteiger partial charge >= 0.3 is 6.03 Å². The van der Waals surface area contributed by atoms with E-state index in [1.807, 2.05) is 17.0 Å². The monoisotopic (exact) mass is 302 g/mol. The molecule has 3 nitrogen and oxygen atoms in total. The van der Waals surface area contributed by atoms with Crippen LogP contribution in [0.15, 0.2) is 15.9 Å². The lowest BCUT2D eigenvalue weighted by molar-refractivity contribution is 0.186. The summed E-state index contributed by atoms with van der Waals surface area (Å²) in [5.74, 6) is 0. The number of hydrogen-bond acceptors (Lipinski definition) is 2. The van der Waals surface area contributed by atoms with Gasteiger partial charge in [-0.25, -0.2) is 4.79 Å². The molecule has 1 fully saturated rings. The Morgan fingerprint density at radius 2 is 2.12 bits per heavy atom. The number of carbonyl (C=O) groups is 1. The number of hydrogen-bond donors (Lipinski definition) is 1. The highest BCUT2D eigenvalue weighted by Gasteiger charge is 2.15. The van der Waals surface area contributed by atoms with Crippen molar-refractivity contribution in [2.24, 2.45) is 0 Å². The fraction of sp³-hybridized carbons (Fsp3) is 0.545. The van der Waals surface area contributed by atoms with Crippen LogP contribution >= 0.6 is 27.3 Å². The first-order chi connectivity index (χ1) is 7.75. The summed E-state index contributed by atoms with van der Waals surface area (Å²) in [4.78, 5) is 14.9. The third-order valence-corrected chi connectivity index (χ3v) is 4.31. The van der Waals surface area contributed by atoms with Crippen LogP contribution in [0.5, 0.6) is 0 Å². The van der Waals surface area contributed by atoms with Gasteiger partial charge in [0.05, 0.1) is 10.3 Å². The Balaban J connectivity index is 1.78. The Kier molecular flexibility index (Phi) is 4.23. The second kappa shape index (κ2) is 5.68. The molecule has 2 rings (SSSR count). The van der Waals surface area contributed by atoms with Crippen molar-refractivity contribution in [2.75, 3.05) is 13.1 Å². The Hall–Kier alpha value is -0.550. The minimum absolute atomic E-state index is 0.0734. The van der Waals surface area contributed by atoms with E-state index in [0.29, 0.717) is 6.54 Å². The molecule has 0 radical (unpaired) electrons. The number of rotatable bonds is 2. The van der Waals surface area contributed by atoms with Crippen molar-refractivity contribution in [1.29, 1.82) is 0 Å². The molecule has 0 spiro atoms. The summed E-state index contributed by atoms with van der Waals surface area (Å²) in [6.45, 7) is 2.44. The normalized spacial score (nSPS) is 16.2. The van der Waals surface area contributed by atoms with Gasteiger partial charge in [-0.3, -0.25) is 0 Å². The highest BCUT2D eigenvalue weighted by molar-refractivity contribution is 9.11. The number of nitrogens with zero attached hydrogens (tertiary/aromatic N) is 1. The van der Waals surface area contributed by atoms with E-state index in [4.69, 9.17) is 0 Å². The SMILES string of the molecule is O=C(NCc1ccc(Br)s1)N1CCCCC1. The van der Waals surface area contributed by atoms with E-state index in [2.05, 4.69) is 21.2 Å². The van der Waals surface area contributed by atoms with Gasteiger partial charge in [0, 0.05) is 18.0 Å². The van der Waals surface area contributed by atoms with E-state index >= 15 is 0 Å². The van der Waals surface area contributed by atoms with Gasteiger partial charge in [0.15, 0.2) is 0 Å². The van der Waals surface area contributed by atoms with E-state index in [1.165, 1.54) is 11.3 Å². The molecular weight excluding hydrogens is 288 g/mol. The Bertz CT molecular complexity index is 361. The fourth-order valence-corrected chi connectivity index (χ4v) is 3.24. The lowest BCUT2D eigenvalue weighted by atomic mass is 10.1. The smallest absolute Gasteiger partial charge is 0.317 e. The van der Waals surface area contributed by atoms with Crippen LogP contribution in [0.4, 0.5) is 4.79 Å². The van der Waals surface area contributed by atoms with Crippen molar-refractivity contribution in [1.82, 2.24) is 10.2 Å². The van der Waals surface area contributed by atoms with Crippen molar-refractivity contribution in [3.8, 4) is 0 Å². The maximum atomic E-state index is 11.8. The lowest BCUT2D eigenvalue weighted by Crippen LogP contribution is -2.42. The van der Waals surface area contributed by atoms with E-state index < -0.39 is 0 Å². The summed E-state index contributed by atoms with van der Waals surface area (Å²) in [6.07, 6.45) is 3.53. The predicted molar refractivity (Wildman–Crippen MR) is 69.7 cm³/mol. The van der Waals surface area contributed by atoms with E-state index in [1.54, 1.807) is 11.3 Å². The quantitative estimate of drug-likeness (QED) is 0.894. The highest BCUT2D eigenvalue weighted by atomic mass is 79.9. The molecule has 16 heavy (non-hydrogen) atoms. The van der Waals surface area contributed by atoms with Gasteiger partial charge < -0.3 is 10.2 Å². The zero-order valence-electron chi connectivity index (χ0n) is 9.04. The van der Waals surface area contributed by atoms with E-state index in [-0.39, 0.29) is 6.03 Å². The van der Waals surface area contributed by atoms with Crippen LogP contribution in [0.3, 0.4) is 0 Å². The lowest BCUT2D eigenvalue weighted by Gasteiger charge is -2.26. The predicted octanol–water partition coefficient (Wildman–Crippen LogP) is 3.21. The minimum Gasteiger partial charge on any atom is -0.333 e. The number of carbonyl (C=O) groups excluding carboxylic acids is 1. The van der Waals surface area contributed by atoms with Gasteiger partial charge in [-0.1, -0.05) is 0 Å². The van der Waals surface area contributed by atoms with Crippen molar-refractivity contribution in [3.05, 3.63) is 20.8 Å². The Labute approximate surface area is 108 Å². The number of urea groups is 1. The molecule has 88 valence electrons. The van der Waals surface area contributed by atoms with Gasteiger partial charge in [0.2, 0.25) is 0 Å². The molecule has 2 amide bonds. The summed E-state index contributed by atoms with van der Waals surface area (Å²) >= 11 is 5.07. The number of thiophene rings is 1. The second-order valence-corrected chi connectivity index (χ2v) is 6.46. The van der Waals surface area contributed by atoms with E-state index in [9.17, 15) is 4.79 Å². The molecule has 2 heterocycles. The summed E-state index contributed by atoms with van der Waals surface area (Å²) < 4.78 is 1.11. The third-order valence-electron chi connectivity index (χ3n) is 2.69. The highest BCUT2D eigenvalue weighted by Crippen LogP contribution is 2.21. The molecule has 0 unspecified atom stereocenters. The van der Waals surface area contributed by atoms with Crippen LogP contribution in [-0.4, -0.2) is 24.0 Å². The standard InChI is InChI=1S/C11H15BrN2OS/c12-10-5-4-9(16-10)8-13-11(15)14-6-2-1-3-7-14/h4-5H,1-3,6-8H2,(H,13,15). The zero-order valence-corrected chi connectivity index (χ0v) is 11.4. The van der Waals surface area contributed by atoms with Gasteiger partial charge in [0.1, 0.15) is 0 Å². The third kappa shape index (κ3) is 3.22. The minimum atomic E-state index is 0.0734. The molecule has 1 aliphatic heterocycles.